The Balaban J connectivity index is 2.21. The third-order valence-electron chi connectivity index (χ3n) is 3.06. The van der Waals surface area contributed by atoms with Crippen molar-refractivity contribution in [1.82, 2.24) is 0 Å². The number of anilines is 1. The average molecular weight is 231 g/mol. The van der Waals surface area contributed by atoms with Gasteiger partial charge in [0.15, 0.2) is 5.96 Å². The molecule has 0 aromatic heterocycles. The number of aliphatic imine (C=N–C) groups is 1. The topological polar surface area (TPSA) is 50.4 Å². The highest BCUT2D eigenvalue weighted by molar-refractivity contribution is 5.93. The average Bonchev–Trinajstić information content (AvgIpc) is 2.28. The second kappa shape index (κ2) is 5.21. The summed E-state index contributed by atoms with van der Waals surface area (Å²) in [6.07, 6.45) is 4.90. The van der Waals surface area contributed by atoms with Gasteiger partial charge in [-0.2, -0.15) is 0 Å². The summed E-state index contributed by atoms with van der Waals surface area (Å²) in [6.45, 7) is 4.05. The maximum absolute atomic E-state index is 5.88. The summed E-state index contributed by atoms with van der Waals surface area (Å²) >= 11 is 0. The lowest BCUT2D eigenvalue weighted by atomic mass is 9.90. The van der Waals surface area contributed by atoms with E-state index in [2.05, 4.69) is 28.5 Å². The highest BCUT2D eigenvalue weighted by Gasteiger charge is 2.12. The fourth-order valence-corrected chi connectivity index (χ4v) is 2.35. The molecule has 0 saturated heterocycles. The Morgan fingerprint density at radius 3 is 2.82 bits per heavy atom. The lowest BCUT2D eigenvalue weighted by Crippen LogP contribution is -2.25. The number of nitrogens with one attached hydrogen (secondary N) is 1. The predicted molar refractivity (Wildman–Crippen MR) is 73.5 cm³/mol. The molecule has 17 heavy (non-hydrogen) atoms. The van der Waals surface area contributed by atoms with E-state index >= 15 is 0 Å². The molecule has 0 amide bonds. The van der Waals surface area contributed by atoms with Crippen LogP contribution in [-0.4, -0.2) is 12.0 Å². The molecule has 3 nitrogen and oxygen atoms in total. The van der Waals surface area contributed by atoms with Crippen molar-refractivity contribution < 1.29 is 0 Å². The first-order chi connectivity index (χ1) is 8.16. The van der Waals surface area contributed by atoms with Crippen LogP contribution in [-0.2, 0) is 12.8 Å². The molecule has 2 rings (SSSR count). The van der Waals surface area contributed by atoms with Gasteiger partial charge in [0.1, 0.15) is 0 Å². The van der Waals surface area contributed by atoms with Crippen LogP contribution >= 0.6 is 0 Å². The smallest absolute Gasteiger partial charge is 0.193 e. The van der Waals surface area contributed by atoms with Gasteiger partial charge in [0.05, 0.1) is 0 Å². The van der Waals surface area contributed by atoms with Gasteiger partial charge < -0.3 is 11.1 Å². The number of aryl methyl sites for hydroxylation is 1. The Labute approximate surface area is 103 Å². The predicted octanol–water partition coefficient (Wildman–Crippen LogP) is 2.70. The lowest BCUT2D eigenvalue weighted by Gasteiger charge is -2.20. The fourth-order valence-electron chi connectivity index (χ4n) is 2.35. The highest BCUT2D eigenvalue weighted by Crippen LogP contribution is 2.27. The van der Waals surface area contributed by atoms with Crippen molar-refractivity contribution >= 4 is 11.6 Å². The number of nitrogens with zero attached hydrogens (tertiary/aromatic N) is 1. The quantitative estimate of drug-likeness (QED) is 0.607. The van der Waals surface area contributed by atoms with Crippen LogP contribution in [0.5, 0.6) is 0 Å². The van der Waals surface area contributed by atoms with E-state index in [1.165, 1.54) is 30.4 Å². The van der Waals surface area contributed by atoms with Gasteiger partial charge in [0.2, 0.25) is 0 Å². The third-order valence-corrected chi connectivity index (χ3v) is 3.06. The van der Waals surface area contributed by atoms with E-state index < -0.39 is 0 Å². The van der Waals surface area contributed by atoms with Gasteiger partial charge in [-0.25, -0.2) is 0 Å². The fraction of sp³-hybridized carbons (Fsp3) is 0.500. The standard InChI is InChI=1S/C14H21N3/c1-10(2)16-14(15)17-13-9-5-7-11-6-3-4-8-12(11)13/h5,7,9-10H,3-4,6,8H2,1-2H3,(H3,15,16,17). The summed E-state index contributed by atoms with van der Waals surface area (Å²) in [5, 5.41) is 3.23. The molecule has 0 atom stereocenters. The molecule has 1 aromatic carbocycles. The van der Waals surface area contributed by atoms with E-state index in [0.29, 0.717) is 5.96 Å². The van der Waals surface area contributed by atoms with Crippen LogP contribution < -0.4 is 11.1 Å². The molecule has 3 N–H and O–H groups in total. The number of guanidine groups is 1. The number of hydrogen-bond acceptors (Lipinski definition) is 1. The van der Waals surface area contributed by atoms with E-state index in [1.54, 1.807) is 0 Å². The Bertz CT molecular complexity index is 421. The summed E-state index contributed by atoms with van der Waals surface area (Å²) in [7, 11) is 0. The van der Waals surface area contributed by atoms with E-state index in [-0.39, 0.29) is 6.04 Å². The molecule has 0 saturated carbocycles. The molecule has 3 heteroatoms. The van der Waals surface area contributed by atoms with Crippen LogP contribution in [0.1, 0.15) is 37.8 Å². The first-order valence-electron chi connectivity index (χ1n) is 6.38. The number of fused-ring (bicyclic) bond motifs is 1. The highest BCUT2D eigenvalue weighted by atomic mass is 15.1. The molecule has 92 valence electrons. The molecule has 0 spiro atoms. The van der Waals surface area contributed by atoms with Crippen molar-refractivity contribution in [3.8, 4) is 0 Å². The molecule has 0 unspecified atom stereocenters. The summed E-state index contributed by atoms with van der Waals surface area (Å²) < 4.78 is 0. The van der Waals surface area contributed by atoms with Crippen LogP contribution in [0.25, 0.3) is 0 Å². The van der Waals surface area contributed by atoms with Crippen LogP contribution in [0.4, 0.5) is 5.69 Å². The van der Waals surface area contributed by atoms with Crippen LogP contribution in [0.3, 0.4) is 0 Å². The zero-order valence-electron chi connectivity index (χ0n) is 10.7. The maximum atomic E-state index is 5.88. The summed E-state index contributed by atoms with van der Waals surface area (Å²) in [5.41, 5.74) is 9.88. The second-order valence-corrected chi connectivity index (χ2v) is 4.88. The van der Waals surface area contributed by atoms with Crippen molar-refractivity contribution in [1.29, 1.82) is 0 Å². The lowest BCUT2D eigenvalue weighted by molar-refractivity contribution is 0.687. The summed E-state index contributed by atoms with van der Waals surface area (Å²) in [5.74, 6) is 0.513. The van der Waals surface area contributed by atoms with E-state index in [4.69, 9.17) is 5.73 Å². The second-order valence-electron chi connectivity index (χ2n) is 4.88. The number of nitrogens with two attached hydrogens (primary N) is 1. The Morgan fingerprint density at radius 2 is 2.06 bits per heavy atom. The van der Waals surface area contributed by atoms with Crippen molar-refractivity contribution in [2.24, 2.45) is 10.7 Å². The molecule has 0 bridgehead atoms. The minimum atomic E-state index is 0.224. The molecular weight excluding hydrogens is 210 g/mol. The zero-order chi connectivity index (χ0) is 12.3. The SMILES string of the molecule is CC(C)N=C(N)Nc1cccc2c1CCCC2. The molecule has 1 aliphatic rings. The Hall–Kier alpha value is -1.51. The number of benzene rings is 1. The van der Waals surface area contributed by atoms with Crippen LogP contribution in [0, 0.1) is 0 Å². The maximum Gasteiger partial charge on any atom is 0.193 e. The molecule has 0 fully saturated rings. The van der Waals surface area contributed by atoms with Gasteiger partial charge in [-0.1, -0.05) is 12.1 Å². The van der Waals surface area contributed by atoms with Crippen molar-refractivity contribution in [3.63, 3.8) is 0 Å². The first-order valence-corrected chi connectivity index (χ1v) is 6.38. The zero-order valence-corrected chi connectivity index (χ0v) is 10.7. The molecule has 0 radical (unpaired) electrons. The third kappa shape index (κ3) is 2.99. The summed E-state index contributed by atoms with van der Waals surface area (Å²) in [6, 6.07) is 6.62. The number of hydrogen-bond donors (Lipinski definition) is 2. The molecule has 1 aliphatic carbocycles. The van der Waals surface area contributed by atoms with Gasteiger partial charge in [-0.15, -0.1) is 0 Å². The Morgan fingerprint density at radius 1 is 1.29 bits per heavy atom. The summed E-state index contributed by atoms with van der Waals surface area (Å²) in [4.78, 5) is 4.30. The molecular formula is C14H21N3. The van der Waals surface area contributed by atoms with Gasteiger partial charge in [-0.05, 0) is 56.7 Å². The van der Waals surface area contributed by atoms with Gasteiger partial charge in [0.25, 0.3) is 0 Å². The molecule has 0 aliphatic heterocycles. The van der Waals surface area contributed by atoms with Crippen molar-refractivity contribution in [3.05, 3.63) is 29.3 Å². The van der Waals surface area contributed by atoms with E-state index in [1.807, 2.05) is 13.8 Å². The van der Waals surface area contributed by atoms with Crippen LogP contribution in [0.2, 0.25) is 0 Å². The monoisotopic (exact) mass is 231 g/mol. The van der Waals surface area contributed by atoms with Gasteiger partial charge >= 0.3 is 0 Å². The Kier molecular flexibility index (Phi) is 3.67. The first kappa shape index (κ1) is 12.0. The van der Waals surface area contributed by atoms with E-state index in [9.17, 15) is 0 Å². The minimum Gasteiger partial charge on any atom is -0.370 e. The molecule has 0 heterocycles. The minimum absolute atomic E-state index is 0.224. The number of rotatable bonds is 2. The van der Waals surface area contributed by atoms with Crippen LogP contribution in [0.15, 0.2) is 23.2 Å². The molecule has 1 aromatic rings. The van der Waals surface area contributed by atoms with Gasteiger partial charge in [-0.3, -0.25) is 4.99 Å². The van der Waals surface area contributed by atoms with Gasteiger partial charge in [0, 0.05) is 11.7 Å². The normalized spacial score (nSPS) is 15.8. The van der Waals surface area contributed by atoms with E-state index in [0.717, 1.165) is 12.1 Å². The van der Waals surface area contributed by atoms with Crippen molar-refractivity contribution in [2.45, 2.75) is 45.6 Å². The largest absolute Gasteiger partial charge is 0.370 e. The van der Waals surface area contributed by atoms with Crippen molar-refractivity contribution in [2.75, 3.05) is 5.32 Å².